The fourth-order valence-electron chi connectivity index (χ4n) is 4.70. The molecule has 3 fully saturated rings. The number of carbonyl (C=O) groups is 2. The second-order valence-electron chi connectivity index (χ2n) is 8.17. The van der Waals surface area contributed by atoms with Gasteiger partial charge < -0.3 is 19.3 Å². The largest absolute Gasteiger partial charge is 0.379 e. The Labute approximate surface area is 158 Å². The molecule has 146 valence electrons. The first-order valence-electron chi connectivity index (χ1n) is 9.34. The van der Waals surface area contributed by atoms with Crippen LogP contribution < -0.4 is 0 Å². The van der Waals surface area contributed by atoms with Gasteiger partial charge in [0.05, 0.1) is 24.7 Å². The molecule has 3 saturated heterocycles. The van der Waals surface area contributed by atoms with Gasteiger partial charge in [0.1, 0.15) is 12.4 Å². The van der Waals surface area contributed by atoms with E-state index in [1.807, 2.05) is 17.9 Å². The van der Waals surface area contributed by atoms with Crippen molar-refractivity contribution in [2.45, 2.75) is 13.0 Å². The zero-order valence-electron chi connectivity index (χ0n) is 15.7. The topological polar surface area (TPSA) is 59.1 Å². The summed E-state index contributed by atoms with van der Waals surface area (Å²) in [5.74, 6) is -0.0109. The van der Waals surface area contributed by atoms with Crippen molar-refractivity contribution in [3.8, 4) is 0 Å². The summed E-state index contributed by atoms with van der Waals surface area (Å²) in [6.07, 6.45) is 0. The van der Waals surface area contributed by atoms with Crippen molar-refractivity contribution in [2.75, 3.05) is 46.6 Å². The lowest BCUT2D eigenvalue weighted by Crippen LogP contribution is -2.53. The molecular weight excluding hydrogens is 351 g/mol. The van der Waals surface area contributed by atoms with Gasteiger partial charge in [-0.25, -0.2) is 4.39 Å². The molecule has 0 spiro atoms. The molecule has 1 aromatic rings. The quantitative estimate of drug-likeness (QED) is 0.799. The molecule has 6 nitrogen and oxygen atoms in total. The Balaban J connectivity index is 1.59. The Kier molecular flexibility index (Phi) is 4.68. The predicted octanol–water partition coefficient (Wildman–Crippen LogP) is 1.47. The van der Waals surface area contributed by atoms with Crippen LogP contribution in [0.4, 0.5) is 4.39 Å². The molecule has 0 N–H and O–H groups in total. The summed E-state index contributed by atoms with van der Waals surface area (Å²) in [6.45, 7) is 4.63. The van der Waals surface area contributed by atoms with Crippen molar-refractivity contribution >= 4 is 11.8 Å². The van der Waals surface area contributed by atoms with Crippen molar-refractivity contribution < 1.29 is 23.5 Å². The lowest BCUT2D eigenvalue weighted by atomic mass is 9.87. The number of methoxy groups -OCH3 is 1. The van der Waals surface area contributed by atoms with Crippen LogP contribution in [0.1, 0.15) is 18.5 Å². The molecule has 0 bridgehead atoms. The first kappa shape index (κ1) is 18.4. The molecule has 0 radical (unpaired) electrons. The van der Waals surface area contributed by atoms with Gasteiger partial charge in [-0.1, -0.05) is 12.1 Å². The van der Waals surface area contributed by atoms with Crippen LogP contribution in [0.2, 0.25) is 0 Å². The molecule has 3 atom stereocenters. The van der Waals surface area contributed by atoms with Gasteiger partial charge in [0, 0.05) is 38.6 Å². The second-order valence-corrected chi connectivity index (χ2v) is 8.17. The van der Waals surface area contributed by atoms with Gasteiger partial charge in [-0.3, -0.25) is 9.59 Å². The number of carbonyl (C=O) groups excluding carboxylic acids is 2. The number of hydrogen-bond acceptors (Lipinski definition) is 4. The average molecular weight is 376 g/mol. The number of rotatable bonds is 4. The summed E-state index contributed by atoms with van der Waals surface area (Å²) >= 11 is 0. The minimum absolute atomic E-state index is 0.00328. The number of likely N-dealkylation sites (tertiary alicyclic amines) is 2. The van der Waals surface area contributed by atoms with E-state index in [0.717, 1.165) is 5.56 Å². The summed E-state index contributed by atoms with van der Waals surface area (Å²) < 4.78 is 24.1. The highest BCUT2D eigenvalue weighted by molar-refractivity contribution is 5.84. The van der Waals surface area contributed by atoms with Gasteiger partial charge in [0.15, 0.2) is 0 Å². The third-order valence-electron chi connectivity index (χ3n) is 6.09. The van der Waals surface area contributed by atoms with E-state index in [1.54, 1.807) is 11.0 Å². The van der Waals surface area contributed by atoms with Crippen molar-refractivity contribution in [3.05, 3.63) is 35.6 Å². The minimum atomic E-state index is -0.432. The molecule has 3 heterocycles. The van der Waals surface area contributed by atoms with E-state index in [9.17, 15) is 14.0 Å². The van der Waals surface area contributed by atoms with Crippen molar-refractivity contribution in [2.24, 2.45) is 17.3 Å². The number of benzene rings is 1. The maximum atomic E-state index is 13.8. The van der Waals surface area contributed by atoms with Crippen molar-refractivity contribution in [1.82, 2.24) is 9.80 Å². The molecule has 2 amide bonds. The maximum absolute atomic E-state index is 13.8. The Hall–Kier alpha value is -1.99. The van der Waals surface area contributed by atoms with E-state index < -0.39 is 5.41 Å². The van der Waals surface area contributed by atoms with Gasteiger partial charge in [0.25, 0.3) is 0 Å². The second kappa shape index (κ2) is 6.87. The molecule has 27 heavy (non-hydrogen) atoms. The monoisotopic (exact) mass is 376 g/mol. The summed E-state index contributed by atoms with van der Waals surface area (Å²) in [5.41, 5.74) is 0.345. The van der Waals surface area contributed by atoms with Crippen LogP contribution in [0.5, 0.6) is 0 Å². The van der Waals surface area contributed by atoms with Crippen molar-refractivity contribution in [3.63, 3.8) is 0 Å². The van der Waals surface area contributed by atoms with Gasteiger partial charge >= 0.3 is 0 Å². The number of halogens is 1. The summed E-state index contributed by atoms with van der Waals surface area (Å²) in [5, 5.41) is 0. The Morgan fingerprint density at radius 1 is 1.30 bits per heavy atom. The van der Waals surface area contributed by atoms with Crippen LogP contribution >= 0.6 is 0 Å². The highest BCUT2D eigenvalue weighted by Crippen LogP contribution is 2.46. The number of hydrogen-bond donors (Lipinski definition) is 0. The van der Waals surface area contributed by atoms with Gasteiger partial charge in [-0.15, -0.1) is 0 Å². The number of fused-ring (bicyclic) bond motifs is 1. The Morgan fingerprint density at radius 3 is 2.70 bits per heavy atom. The fraction of sp³-hybridized carbons (Fsp3) is 0.600. The van der Waals surface area contributed by atoms with E-state index in [4.69, 9.17) is 9.47 Å². The number of ether oxygens (including phenoxy) is 2. The predicted molar refractivity (Wildman–Crippen MR) is 95.2 cm³/mol. The summed E-state index contributed by atoms with van der Waals surface area (Å²) in [6, 6.07) is 6.18. The van der Waals surface area contributed by atoms with Crippen LogP contribution in [-0.2, 0) is 19.1 Å². The molecule has 1 aromatic carbocycles. The van der Waals surface area contributed by atoms with E-state index in [2.05, 4.69) is 0 Å². The maximum Gasteiger partial charge on any atom is 0.249 e. The van der Waals surface area contributed by atoms with E-state index in [-0.39, 0.29) is 42.1 Å². The van der Waals surface area contributed by atoms with Gasteiger partial charge in [0.2, 0.25) is 11.8 Å². The third-order valence-corrected chi connectivity index (χ3v) is 6.09. The minimum Gasteiger partial charge on any atom is -0.379 e. The molecule has 3 aliphatic rings. The Morgan fingerprint density at radius 2 is 2.07 bits per heavy atom. The molecule has 4 rings (SSSR count). The normalized spacial score (nSPS) is 28.8. The zero-order chi connectivity index (χ0) is 19.2. The summed E-state index contributed by atoms with van der Waals surface area (Å²) in [4.78, 5) is 29.2. The standard InChI is InChI=1S/C20H25FN2O4/c1-20(11-27-12-20)19(25)22-7-14-8-23(17(24)10-26-2)18(16(14)9-22)13-4-3-5-15(21)6-13/h3-6,14,16,18H,7-12H2,1-2H3/t14-,16-,18+/m1/s1. The van der Waals surface area contributed by atoms with Crippen LogP contribution in [0, 0.1) is 23.1 Å². The Bertz CT molecular complexity index is 751. The third kappa shape index (κ3) is 3.12. The van der Waals surface area contributed by atoms with Gasteiger partial charge in [-0.2, -0.15) is 0 Å². The first-order chi connectivity index (χ1) is 12.9. The highest BCUT2D eigenvalue weighted by Gasteiger charge is 2.53. The van der Waals surface area contributed by atoms with Crippen LogP contribution in [0.15, 0.2) is 24.3 Å². The molecule has 3 aliphatic heterocycles. The molecule has 7 heteroatoms. The fourth-order valence-corrected chi connectivity index (χ4v) is 4.70. The number of amides is 2. The first-order valence-corrected chi connectivity index (χ1v) is 9.34. The lowest BCUT2D eigenvalue weighted by Gasteiger charge is -2.40. The molecule has 0 saturated carbocycles. The highest BCUT2D eigenvalue weighted by atomic mass is 19.1. The smallest absolute Gasteiger partial charge is 0.249 e. The lowest BCUT2D eigenvalue weighted by molar-refractivity contribution is -0.168. The van der Waals surface area contributed by atoms with Crippen molar-refractivity contribution in [1.29, 1.82) is 0 Å². The van der Waals surface area contributed by atoms with E-state index in [1.165, 1.54) is 19.2 Å². The van der Waals surface area contributed by atoms with E-state index >= 15 is 0 Å². The average Bonchev–Trinajstić information content (AvgIpc) is 3.16. The molecular formula is C20H25FN2O4. The van der Waals surface area contributed by atoms with E-state index in [0.29, 0.717) is 32.8 Å². The van der Waals surface area contributed by atoms with Crippen LogP contribution in [0.3, 0.4) is 0 Å². The SMILES string of the molecule is COCC(=O)N1C[C@H]2CN(C(=O)C3(C)COC3)C[C@H]2[C@@H]1c1cccc(F)c1. The molecule has 0 aliphatic carbocycles. The van der Waals surface area contributed by atoms with Crippen LogP contribution in [-0.4, -0.2) is 68.2 Å². The molecule has 0 aromatic heterocycles. The zero-order valence-corrected chi connectivity index (χ0v) is 15.7. The summed E-state index contributed by atoms with van der Waals surface area (Å²) in [7, 11) is 1.49. The number of nitrogens with zero attached hydrogens (tertiary/aromatic N) is 2. The van der Waals surface area contributed by atoms with Gasteiger partial charge in [-0.05, 0) is 24.6 Å². The van der Waals surface area contributed by atoms with Crippen LogP contribution in [0.25, 0.3) is 0 Å². The molecule has 0 unspecified atom stereocenters.